The summed E-state index contributed by atoms with van der Waals surface area (Å²) in [6, 6.07) is 0. The van der Waals surface area contributed by atoms with Gasteiger partial charge in [-0.2, -0.15) is 0 Å². The van der Waals surface area contributed by atoms with E-state index < -0.39 is 0 Å². The summed E-state index contributed by atoms with van der Waals surface area (Å²) in [5.41, 5.74) is 0. The minimum Gasteiger partial charge on any atom is -0.304 e. The molecule has 0 aromatic heterocycles. The average molecular weight is 167 g/mol. The van der Waals surface area contributed by atoms with Crippen molar-refractivity contribution in [2.45, 2.75) is 40.0 Å². The molecular weight excluding hydrogens is 146 g/mol. The van der Waals surface area contributed by atoms with Crippen molar-refractivity contribution in [3.8, 4) is 11.8 Å². The molecule has 0 aliphatic carbocycles. The molecule has 0 amide bonds. The quantitative estimate of drug-likeness (QED) is 0.434. The van der Waals surface area contributed by atoms with Crippen molar-refractivity contribution in [2.75, 3.05) is 19.6 Å². The molecular formula is C11H21N. The Bertz CT molecular complexity index is 137. The van der Waals surface area contributed by atoms with Crippen LogP contribution in [0, 0.1) is 11.8 Å². The van der Waals surface area contributed by atoms with Crippen molar-refractivity contribution in [3.05, 3.63) is 0 Å². The van der Waals surface area contributed by atoms with E-state index >= 15 is 0 Å². The molecule has 0 unspecified atom stereocenters. The summed E-state index contributed by atoms with van der Waals surface area (Å²) in [6.45, 7) is 9.93. The molecule has 0 heterocycles. The first kappa shape index (κ1) is 11.5. The summed E-state index contributed by atoms with van der Waals surface area (Å²) in [7, 11) is 0. The largest absolute Gasteiger partial charge is 0.304 e. The van der Waals surface area contributed by atoms with E-state index in [0.29, 0.717) is 0 Å². The fraction of sp³-hybridized carbons (Fsp3) is 0.818. The summed E-state index contributed by atoms with van der Waals surface area (Å²) in [5.74, 6) is 6.01. The Hall–Kier alpha value is -0.480. The molecule has 0 spiro atoms. The molecule has 0 aromatic carbocycles. The van der Waals surface area contributed by atoms with Gasteiger partial charge in [-0.05, 0) is 39.4 Å². The number of nitrogens with zero attached hydrogens (tertiary/aromatic N) is 1. The smallest absolute Gasteiger partial charge is 0.00890 e. The molecule has 0 saturated carbocycles. The van der Waals surface area contributed by atoms with Crippen LogP contribution in [0.3, 0.4) is 0 Å². The zero-order chi connectivity index (χ0) is 9.23. The molecule has 0 atom stereocenters. The first-order valence-electron chi connectivity index (χ1n) is 4.97. The van der Waals surface area contributed by atoms with Gasteiger partial charge < -0.3 is 4.90 Å². The van der Waals surface area contributed by atoms with E-state index in [1.165, 1.54) is 32.5 Å². The molecule has 12 heavy (non-hydrogen) atoms. The van der Waals surface area contributed by atoms with Gasteiger partial charge in [0.1, 0.15) is 0 Å². The molecule has 1 nitrogen and oxygen atoms in total. The minimum absolute atomic E-state index is 1.07. The fourth-order valence-electron chi connectivity index (χ4n) is 1.21. The maximum atomic E-state index is 3.09. The van der Waals surface area contributed by atoms with Crippen LogP contribution in [0.4, 0.5) is 0 Å². The van der Waals surface area contributed by atoms with Crippen molar-refractivity contribution >= 4 is 0 Å². The Morgan fingerprint density at radius 1 is 1.08 bits per heavy atom. The van der Waals surface area contributed by atoms with E-state index in [1.807, 2.05) is 6.92 Å². The number of unbranched alkanes of at least 4 members (excludes halogenated alkanes) is 2. The predicted molar refractivity (Wildman–Crippen MR) is 55.1 cm³/mol. The average Bonchev–Trinajstić information content (AvgIpc) is 2.11. The van der Waals surface area contributed by atoms with Crippen molar-refractivity contribution in [3.63, 3.8) is 0 Å². The lowest BCUT2D eigenvalue weighted by molar-refractivity contribution is 0.297. The minimum atomic E-state index is 1.07. The third-order valence-corrected chi connectivity index (χ3v) is 2.10. The lowest BCUT2D eigenvalue weighted by Gasteiger charge is -2.16. The van der Waals surface area contributed by atoms with Crippen LogP contribution in [-0.2, 0) is 0 Å². The fourth-order valence-corrected chi connectivity index (χ4v) is 1.21. The normalized spacial score (nSPS) is 9.67. The zero-order valence-electron chi connectivity index (χ0n) is 8.69. The molecule has 1 heteroatoms. The van der Waals surface area contributed by atoms with Gasteiger partial charge in [0.05, 0.1) is 0 Å². The Balaban J connectivity index is 3.21. The van der Waals surface area contributed by atoms with Gasteiger partial charge in [-0.1, -0.05) is 13.8 Å². The van der Waals surface area contributed by atoms with Crippen LogP contribution < -0.4 is 0 Å². The molecule has 0 aromatic rings. The SMILES string of the molecule is CC#CCCCCN(CC)CC. The second-order valence-corrected chi connectivity index (χ2v) is 2.91. The predicted octanol–water partition coefficient (Wildman–Crippen LogP) is 2.52. The molecule has 0 bridgehead atoms. The van der Waals surface area contributed by atoms with Crippen molar-refractivity contribution in [1.29, 1.82) is 0 Å². The maximum absolute atomic E-state index is 3.09. The maximum Gasteiger partial charge on any atom is 0.00890 e. The lowest BCUT2D eigenvalue weighted by Crippen LogP contribution is -2.23. The van der Waals surface area contributed by atoms with Gasteiger partial charge in [-0.15, -0.1) is 11.8 Å². The molecule has 0 aliphatic rings. The van der Waals surface area contributed by atoms with Gasteiger partial charge in [-0.25, -0.2) is 0 Å². The van der Waals surface area contributed by atoms with Gasteiger partial charge in [0.2, 0.25) is 0 Å². The van der Waals surface area contributed by atoms with Crippen LogP contribution in [0.2, 0.25) is 0 Å². The standard InChI is InChI=1S/C11H21N/c1-4-7-8-9-10-11-12(5-2)6-3/h5-6,8-11H2,1-3H3. The number of hydrogen-bond donors (Lipinski definition) is 0. The molecule has 0 aliphatic heterocycles. The molecule has 0 fully saturated rings. The van der Waals surface area contributed by atoms with Gasteiger partial charge in [0.15, 0.2) is 0 Å². The number of hydrogen-bond acceptors (Lipinski definition) is 1. The first-order chi connectivity index (χ1) is 5.85. The van der Waals surface area contributed by atoms with E-state index in [2.05, 4.69) is 30.6 Å². The van der Waals surface area contributed by atoms with E-state index in [9.17, 15) is 0 Å². The molecule has 0 N–H and O–H groups in total. The van der Waals surface area contributed by atoms with Gasteiger partial charge >= 0.3 is 0 Å². The van der Waals surface area contributed by atoms with Crippen molar-refractivity contribution in [1.82, 2.24) is 4.90 Å². The lowest BCUT2D eigenvalue weighted by atomic mass is 10.2. The van der Waals surface area contributed by atoms with Crippen LogP contribution in [0.5, 0.6) is 0 Å². The summed E-state index contributed by atoms with van der Waals surface area (Å²) in [6.07, 6.45) is 3.60. The van der Waals surface area contributed by atoms with E-state index in [1.54, 1.807) is 0 Å². The van der Waals surface area contributed by atoms with Crippen LogP contribution in [-0.4, -0.2) is 24.5 Å². The molecule has 70 valence electrons. The van der Waals surface area contributed by atoms with Crippen molar-refractivity contribution in [2.24, 2.45) is 0 Å². The molecule has 0 rings (SSSR count). The Morgan fingerprint density at radius 2 is 1.75 bits per heavy atom. The number of rotatable bonds is 6. The van der Waals surface area contributed by atoms with E-state index in [0.717, 1.165) is 6.42 Å². The third kappa shape index (κ3) is 6.24. The van der Waals surface area contributed by atoms with Gasteiger partial charge in [0, 0.05) is 6.42 Å². The van der Waals surface area contributed by atoms with Crippen LogP contribution in [0.25, 0.3) is 0 Å². The van der Waals surface area contributed by atoms with Crippen LogP contribution in [0.1, 0.15) is 40.0 Å². The van der Waals surface area contributed by atoms with Crippen LogP contribution in [0.15, 0.2) is 0 Å². The zero-order valence-corrected chi connectivity index (χ0v) is 8.69. The molecule has 0 saturated heterocycles. The Morgan fingerprint density at radius 3 is 2.25 bits per heavy atom. The summed E-state index contributed by atoms with van der Waals surface area (Å²) >= 11 is 0. The first-order valence-corrected chi connectivity index (χ1v) is 4.97. The topological polar surface area (TPSA) is 3.24 Å². The van der Waals surface area contributed by atoms with Crippen molar-refractivity contribution < 1.29 is 0 Å². The van der Waals surface area contributed by atoms with E-state index in [4.69, 9.17) is 0 Å². The van der Waals surface area contributed by atoms with Crippen LogP contribution >= 0.6 is 0 Å². The summed E-state index contributed by atoms with van der Waals surface area (Å²) in [5, 5.41) is 0. The second kappa shape index (κ2) is 8.62. The summed E-state index contributed by atoms with van der Waals surface area (Å²) in [4.78, 5) is 2.46. The second-order valence-electron chi connectivity index (χ2n) is 2.91. The highest BCUT2D eigenvalue weighted by Crippen LogP contribution is 1.97. The highest BCUT2D eigenvalue weighted by molar-refractivity contribution is 4.94. The Labute approximate surface area is 77.1 Å². The van der Waals surface area contributed by atoms with Gasteiger partial charge in [-0.3, -0.25) is 0 Å². The highest BCUT2D eigenvalue weighted by atomic mass is 15.1. The molecule has 0 radical (unpaired) electrons. The summed E-state index contributed by atoms with van der Waals surface area (Å²) < 4.78 is 0. The third-order valence-electron chi connectivity index (χ3n) is 2.10. The highest BCUT2D eigenvalue weighted by Gasteiger charge is 1.96. The monoisotopic (exact) mass is 167 g/mol. The van der Waals surface area contributed by atoms with E-state index in [-0.39, 0.29) is 0 Å². The van der Waals surface area contributed by atoms with Gasteiger partial charge in [0.25, 0.3) is 0 Å². The Kier molecular flexibility index (Phi) is 8.27.